The summed E-state index contributed by atoms with van der Waals surface area (Å²) in [6.45, 7) is 4.69. The van der Waals surface area contributed by atoms with Crippen LogP contribution in [0.3, 0.4) is 0 Å². The van der Waals surface area contributed by atoms with Gasteiger partial charge in [0.25, 0.3) is 0 Å². The molecule has 10 heteroatoms. The van der Waals surface area contributed by atoms with E-state index in [9.17, 15) is 16.8 Å². The minimum absolute atomic E-state index is 0.0941. The standard InChI is InChI=1S/2C16H34O4S/c2*1-2-3-4-5-6-7-8-9-10-11-12-13-14-15-16-20-21(17,18)19/h2*2-16H2,1H3,(H,17,18,19). The maximum Gasteiger partial charge on any atom is 0.397 e. The molecular weight excluding hydrogens is 576 g/mol. The first kappa shape index (κ1) is 43.9. The van der Waals surface area contributed by atoms with Gasteiger partial charge in [0.15, 0.2) is 0 Å². The van der Waals surface area contributed by atoms with Crippen molar-refractivity contribution in [2.75, 3.05) is 13.2 Å². The predicted molar refractivity (Wildman–Crippen MR) is 176 cm³/mol. The van der Waals surface area contributed by atoms with Gasteiger partial charge in [-0.1, -0.05) is 181 Å². The van der Waals surface area contributed by atoms with Crippen molar-refractivity contribution < 1.29 is 34.3 Å². The molecule has 0 radical (unpaired) electrons. The van der Waals surface area contributed by atoms with Gasteiger partial charge in [-0.05, 0) is 12.8 Å². The molecule has 256 valence electrons. The second kappa shape index (κ2) is 33.6. The smallest absolute Gasteiger partial charge is 0.264 e. The van der Waals surface area contributed by atoms with Gasteiger partial charge in [0, 0.05) is 0 Å². The maximum absolute atomic E-state index is 10.3. The molecule has 0 aliphatic carbocycles. The van der Waals surface area contributed by atoms with E-state index < -0.39 is 20.8 Å². The fourth-order valence-electron chi connectivity index (χ4n) is 4.92. The van der Waals surface area contributed by atoms with Gasteiger partial charge in [-0.25, -0.2) is 8.37 Å². The number of unbranched alkanes of at least 4 members (excludes halogenated alkanes) is 26. The van der Waals surface area contributed by atoms with Crippen LogP contribution >= 0.6 is 0 Å². The number of hydrogen-bond acceptors (Lipinski definition) is 6. The van der Waals surface area contributed by atoms with Crippen molar-refractivity contribution in [1.29, 1.82) is 0 Å². The summed E-state index contributed by atoms with van der Waals surface area (Å²) in [5, 5.41) is 0. The van der Waals surface area contributed by atoms with E-state index >= 15 is 0 Å². The van der Waals surface area contributed by atoms with Gasteiger partial charge in [0.1, 0.15) is 0 Å². The van der Waals surface area contributed by atoms with Gasteiger partial charge in [0.05, 0.1) is 13.2 Å². The molecule has 42 heavy (non-hydrogen) atoms. The summed E-state index contributed by atoms with van der Waals surface area (Å²) < 4.78 is 66.5. The van der Waals surface area contributed by atoms with E-state index in [0.29, 0.717) is 12.8 Å². The molecule has 0 unspecified atom stereocenters. The van der Waals surface area contributed by atoms with E-state index in [1.807, 2.05) is 0 Å². The summed E-state index contributed by atoms with van der Waals surface area (Å²) in [5.74, 6) is 0. The lowest BCUT2D eigenvalue weighted by atomic mass is 10.0. The molecule has 0 saturated heterocycles. The predicted octanol–water partition coefficient (Wildman–Crippen LogP) is 10.6. The van der Waals surface area contributed by atoms with Gasteiger partial charge in [-0.2, -0.15) is 16.8 Å². The molecule has 2 N–H and O–H groups in total. The Bertz CT molecular complexity index is 665. The molecular formula is C32H68O8S2. The zero-order chi connectivity index (χ0) is 31.6. The fourth-order valence-corrected chi connectivity index (χ4v) is 5.58. The van der Waals surface area contributed by atoms with Crippen LogP contribution in [0.5, 0.6) is 0 Å². The first-order valence-electron chi connectivity index (χ1n) is 17.4. The summed E-state index contributed by atoms with van der Waals surface area (Å²) >= 11 is 0. The zero-order valence-corrected chi connectivity index (χ0v) is 29.0. The summed E-state index contributed by atoms with van der Waals surface area (Å²) in [6, 6.07) is 0. The zero-order valence-electron chi connectivity index (χ0n) is 27.4. The van der Waals surface area contributed by atoms with Crippen molar-refractivity contribution in [3.8, 4) is 0 Å². The highest BCUT2D eigenvalue weighted by molar-refractivity contribution is 7.81. The molecule has 0 amide bonds. The second-order valence-corrected chi connectivity index (χ2v) is 13.9. The topological polar surface area (TPSA) is 127 Å². The van der Waals surface area contributed by atoms with E-state index in [2.05, 4.69) is 22.2 Å². The van der Waals surface area contributed by atoms with Gasteiger partial charge >= 0.3 is 20.8 Å². The largest absolute Gasteiger partial charge is 0.397 e. The number of rotatable bonds is 32. The average Bonchev–Trinajstić information content (AvgIpc) is 2.92. The Morgan fingerprint density at radius 1 is 0.333 bits per heavy atom. The molecule has 0 aliphatic heterocycles. The Balaban J connectivity index is 0. The minimum Gasteiger partial charge on any atom is -0.264 e. The van der Waals surface area contributed by atoms with Crippen LogP contribution in [0.15, 0.2) is 0 Å². The Labute approximate surface area is 261 Å². The lowest BCUT2D eigenvalue weighted by Crippen LogP contribution is -2.04. The molecule has 0 aromatic heterocycles. The Morgan fingerprint density at radius 2 is 0.500 bits per heavy atom. The van der Waals surface area contributed by atoms with Crippen LogP contribution in [0, 0.1) is 0 Å². The summed E-state index contributed by atoms with van der Waals surface area (Å²) in [4.78, 5) is 0. The third-order valence-corrected chi connectivity index (χ3v) is 8.39. The summed E-state index contributed by atoms with van der Waals surface area (Å²) in [5.41, 5.74) is 0. The van der Waals surface area contributed by atoms with Crippen LogP contribution in [0.2, 0.25) is 0 Å². The molecule has 0 aromatic carbocycles. The Morgan fingerprint density at radius 3 is 0.667 bits per heavy atom. The van der Waals surface area contributed by atoms with Gasteiger partial charge in [-0.3, -0.25) is 9.11 Å². The van der Waals surface area contributed by atoms with Crippen LogP contribution in [0.4, 0.5) is 0 Å². The van der Waals surface area contributed by atoms with Crippen LogP contribution in [0.25, 0.3) is 0 Å². The van der Waals surface area contributed by atoms with E-state index in [0.717, 1.165) is 25.7 Å². The Kier molecular flexibility index (Phi) is 35.1. The first-order valence-corrected chi connectivity index (χ1v) is 20.1. The van der Waals surface area contributed by atoms with Crippen LogP contribution < -0.4 is 0 Å². The highest BCUT2D eigenvalue weighted by Gasteiger charge is 2.03. The van der Waals surface area contributed by atoms with Crippen molar-refractivity contribution in [1.82, 2.24) is 0 Å². The highest BCUT2D eigenvalue weighted by atomic mass is 32.3. The van der Waals surface area contributed by atoms with E-state index in [1.165, 1.54) is 141 Å². The molecule has 0 fully saturated rings. The lowest BCUT2D eigenvalue weighted by Gasteiger charge is -2.03. The van der Waals surface area contributed by atoms with Gasteiger partial charge in [0.2, 0.25) is 0 Å². The lowest BCUT2D eigenvalue weighted by molar-refractivity contribution is 0.260. The number of hydrogen-bond donors (Lipinski definition) is 2. The third kappa shape index (κ3) is 46.7. The van der Waals surface area contributed by atoms with E-state index in [-0.39, 0.29) is 13.2 Å². The van der Waals surface area contributed by atoms with Crippen molar-refractivity contribution >= 4 is 20.8 Å². The normalized spacial score (nSPS) is 11.9. The monoisotopic (exact) mass is 644 g/mol. The average molecular weight is 645 g/mol. The molecule has 0 saturated carbocycles. The van der Waals surface area contributed by atoms with Crippen molar-refractivity contribution in [2.24, 2.45) is 0 Å². The van der Waals surface area contributed by atoms with E-state index in [4.69, 9.17) is 9.11 Å². The molecule has 0 atom stereocenters. The molecule has 0 rings (SSSR count). The van der Waals surface area contributed by atoms with Crippen molar-refractivity contribution in [2.45, 2.75) is 194 Å². The summed E-state index contributed by atoms with van der Waals surface area (Å²) in [6.07, 6.45) is 35.2. The quantitative estimate of drug-likeness (QED) is 0.0547. The maximum atomic E-state index is 10.3. The van der Waals surface area contributed by atoms with Gasteiger partial charge < -0.3 is 0 Å². The molecule has 8 nitrogen and oxygen atoms in total. The minimum atomic E-state index is -4.24. The van der Waals surface area contributed by atoms with Crippen LogP contribution in [-0.2, 0) is 29.2 Å². The molecule has 0 spiro atoms. The SMILES string of the molecule is CCCCCCCCCCCCCCCCOS(=O)(=O)O.CCCCCCCCCCCCCCCCOS(=O)(=O)O. The van der Waals surface area contributed by atoms with Crippen molar-refractivity contribution in [3.05, 3.63) is 0 Å². The second-order valence-electron chi connectivity index (χ2n) is 11.7. The fraction of sp³-hybridized carbons (Fsp3) is 1.00. The third-order valence-electron chi connectivity index (χ3n) is 7.46. The highest BCUT2D eigenvalue weighted by Crippen LogP contribution is 2.14. The molecule has 0 aliphatic rings. The van der Waals surface area contributed by atoms with E-state index in [1.54, 1.807) is 0 Å². The molecule has 0 heterocycles. The van der Waals surface area contributed by atoms with Gasteiger partial charge in [-0.15, -0.1) is 0 Å². The molecule has 0 bridgehead atoms. The van der Waals surface area contributed by atoms with Crippen LogP contribution in [-0.4, -0.2) is 39.2 Å². The first-order chi connectivity index (χ1) is 20.1. The molecule has 0 aromatic rings. The van der Waals surface area contributed by atoms with Crippen LogP contribution in [0.1, 0.15) is 194 Å². The summed E-state index contributed by atoms with van der Waals surface area (Å²) in [7, 11) is -8.48. The van der Waals surface area contributed by atoms with Crippen molar-refractivity contribution in [3.63, 3.8) is 0 Å². The Hall–Kier alpha value is -0.260.